The molecule has 26 heavy (non-hydrogen) atoms. The van der Waals surface area contributed by atoms with E-state index in [4.69, 9.17) is 9.47 Å². The van der Waals surface area contributed by atoms with E-state index < -0.39 is 0 Å². The predicted molar refractivity (Wildman–Crippen MR) is 101 cm³/mol. The van der Waals surface area contributed by atoms with E-state index in [9.17, 15) is 4.79 Å². The van der Waals surface area contributed by atoms with Crippen LogP contribution in [0.3, 0.4) is 0 Å². The Bertz CT molecular complexity index is 982. The van der Waals surface area contributed by atoms with E-state index in [1.165, 1.54) is 10.5 Å². The van der Waals surface area contributed by atoms with Gasteiger partial charge in [0, 0.05) is 5.56 Å². The van der Waals surface area contributed by atoms with E-state index in [2.05, 4.69) is 23.9 Å². The Hall–Kier alpha value is -2.86. The molecule has 6 heteroatoms. The van der Waals surface area contributed by atoms with Crippen molar-refractivity contribution in [3.63, 3.8) is 0 Å². The summed E-state index contributed by atoms with van der Waals surface area (Å²) < 4.78 is 10.7. The van der Waals surface area contributed by atoms with Crippen molar-refractivity contribution in [3.05, 3.63) is 63.7 Å². The number of methoxy groups -OCH3 is 2. The highest BCUT2D eigenvalue weighted by atomic mass is 16.5. The van der Waals surface area contributed by atoms with Crippen LogP contribution in [-0.4, -0.2) is 31.2 Å². The fourth-order valence-corrected chi connectivity index (χ4v) is 3.11. The van der Waals surface area contributed by atoms with Crippen molar-refractivity contribution in [2.45, 2.75) is 20.0 Å². The van der Waals surface area contributed by atoms with Crippen LogP contribution < -0.4 is 19.9 Å². The molecule has 0 saturated carbocycles. The number of benzene rings is 2. The number of nitrogens with one attached hydrogen (secondary N) is 2. The number of fused-ring (bicyclic) bond motifs is 1. The zero-order valence-electron chi connectivity index (χ0n) is 15.6. The second-order valence-electron chi connectivity index (χ2n) is 6.47. The highest BCUT2D eigenvalue weighted by Gasteiger charge is 2.14. The second-order valence-corrected chi connectivity index (χ2v) is 6.47. The molecule has 2 aromatic carbocycles. The Morgan fingerprint density at radius 1 is 1.08 bits per heavy atom. The zero-order valence-corrected chi connectivity index (χ0v) is 15.6. The molecule has 0 bridgehead atoms. The predicted octanol–water partition coefficient (Wildman–Crippen LogP) is 1.46. The van der Waals surface area contributed by atoms with Gasteiger partial charge in [-0.15, -0.1) is 0 Å². The number of aromatic nitrogens is 2. The molecule has 0 radical (unpaired) electrons. The Morgan fingerprint density at radius 2 is 1.77 bits per heavy atom. The van der Waals surface area contributed by atoms with Crippen LogP contribution in [0.4, 0.5) is 0 Å². The zero-order chi connectivity index (χ0) is 18.7. The van der Waals surface area contributed by atoms with Gasteiger partial charge < -0.3 is 19.4 Å². The fraction of sp³-hybridized carbons (Fsp3) is 0.300. The number of ether oxygens (including phenoxy) is 2. The van der Waals surface area contributed by atoms with Crippen LogP contribution in [0.15, 0.2) is 41.2 Å². The van der Waals surface area contributed by atoms with Gasteiger partial charge in [-0.3, -0.25) is 4.79 Å². The number of rotatable bonds is 6. The molecular weight excluding hydrogens is 330 g/mol. The minimum absolute atomic E-state index is 0.0966. The van der Waals surface area contributed by atoms with Gasteiger partial charge in [-0.25, -0.2) is 4.98 Å². The lowest BCUT2D eigenvalue weighted by molar-refractivity contribution is -0.908. The van der Waals surface area contributed by atoms with Gasteiger partial charge in [0.2, 0.25) is 0 Å². The first-order valence-electron chi connectivity index (χ1n) is 8.52. The summed E-state index contributed by atoms with van der Waals surface area (Å²) >= 11 is 0. The van der Waals surface area contributed by atoms with Gasteiger partial charge in [0.15, 0.2) is 17.3 Å². The van der Waals surface area contributed by atoms with Crippen molar-refractivity contribution in [3.8, 4) is 11.5 Å². The number of aromatic amines is 1. The summed E-state index contributed by atoms with van der Waals surface area (Å²) in [6.07, 6.45) is 0. The highest BCUT2D eigenvalue weighted by molar-refractivity contribution is 5.77. The maximum atomic E-state index is 12.2. The van der Waals surface area contributed by atoms with Crippen molar-refractivity contribution in [2.24, 2.45) is 0 Å². The molecule has 3 rings (SSSR count). The van der Waals surface area contributed by atoms with Gasteiger partial charge in [-0.1, -0.05) is 12.1 Å². The number of nitrogens with zero attached hydrogens (tertiary/aromatic N) is 1. The van der Waals surface area contributed by atoms with Gasteiger partial charge in [-0.2, -0.15) is 0 Å². The van der Waals surface area contributed by atoms with E-state index in [0.717, 1.165) is 29.1 Å². The molecule has 3 aromatic rings. The Balaban J connectivity index is 1.81. The Labute approximate surface area is 152 Å². The van der Waals surface area contributed by atoms with E-state index in [1.54, 1.807) is 20.3 Å². The first kappa shape index (κ1) is 17.9. The molecule has 1 aromatic heterocycles. The molecule has 2 N–H and O–H groups in total. The highest BCUT2D eigenvalue weighted by Crippen LogP contribution is 2.29. The largest absolute Gasteiger partial charge is 0.493 e. The van der Waals surface area contributed by atoms with Gasteiger partial charge in [0.05, 0.1) is 32.2 Å². The van der Waals surface area contributed by atoms with Crippen molar-refractivity contribution in [2.75, 3.05) is 21.3 Å². The normalized spacial score (nSPS) is 12.2. The van der Waals surface area contributed by atoms with Crippen LogP contribution in [0.25, 0.3) is 10.9 Å². The van der Waals surface area contributed by atoms with Gasteiger partial charge in [0.1, 0.15) is 13.1 Å². The molecule has 1 heterocycles. The summed E-state index contributed by atoms with van der Waals surface area (Å²) in [5, 5.41) is 0.615. The van der Waals surface area contributed by atoms with E-state index >= 15 is 0 Å². The molecule has 0 fully saturated rings. The lowest BCUT2D eigenvalue weighted by Gasteiger charge is -2.17. The van der Waals surface area contributed by atoms with Gasteiger partial charge >= 0.3 is 0 Å². The third-order valence-corrected chi connectivity index (χ3v) is 4.47. The molecule has 1 unspecified atom stereocenters. The summed E-state index contributed by atoms with van der Waals surface area (Å²) in [5.41, 5.74) is 2.94. The first-order valence-corrected chi connectivity index (χ1v) is 8.52. The molecule has 0 saturated heterocycles. The number of aryl methyl sites for hydroxylation is 1. The lowest BCUT2D eigenvalue weighted by Crippen LogP contribution is -3.06. The maximum Gasteiger partial charge on any atom is 0.258 e. The molecule has 136 valence electrons. The van der Waals surface area contributed by atoms with Crippen LogP contribution in [0.5, 0.6) is 11.5 Å². The maximum absolute atomic E-state index is 12.2. The molecule has 1 atom stereocenters. The smallest absolute Gasteiger partial charge is 0.258 e. The Kier molecular flexibility index (Phi) is 5.23. The summed E-state index contributed by atoms with van der Waals surface area (Å²) in [6.45, 7) is 3.46. The third kappa shape index (κ3) is 3.70. The number of hydrogen-bond donors (Lipinski definition) is 2. The minimum Gasteiger partial charge on any atom is -0.493 e. The molecule has 0 aliphatic carbocycles. The molecule has 0 spiro atoms. The van der Waals surface area contributed by atoms with Crippen LogP contribution in [0.2, 0.25) is 0 Å². The average molecular weight is 354 g/mol. The van der Waals surface area contributed by atoms with Crippen LogP contribution >= 0.6 is 0 Å². The van der Waals surface area contributed by atoms with Crippen LogP contribution in [0.1, 0.15) is 17.0 Å². The molecule has 0 amide bonds. The van der Waals surface area contributed by atoms with E-state index in [0.29, 0.717) is 17.8 Å². The van der Waals surface area contributed by atoms with Crippen molar-refractivity contribution in [1.82, 2.24) is 9.97 Å². The summed E-state index contributed by atoms with van der Waals surface area (Å²) in [4.78, 5) is 20.9. The second kappa shape index (κ2) is 7.58. The molecular formula is C20H24N3O3+. The molecule has 6 nitrogen and oxygen atoms in total. The number of hydrogen-bond acceptors (Lipinski definition) is 4. The van der Waals surface area contributed by atoms with E-state index in [-0.39, 0.29) is 5.56 Å². The van der Waals surface area contributed by atoms with E-state index in [1.807, 2.05) is 30.3 Å². The number of H-pyrrole nitrogens is 1. The SMILES string of the molecule is COc1cc(C)c(C[NH+](C)Cc2nc3ccccc3c(=O)[nH]2)cc1OC. The number of para-hydroxylation sites is 1. The number of quaternary nitrogens is 1. The van der Waals surface area contributed by atoms with Crippen molar-refractivity contribution >= 4 is 10.9 Å². The summed E-state index contributed by atoms with van der Waals surface area (Å²) in [6, 6.07) is 11.4. The summed E-state index contributed by atoms with van der Waals surface area (Å²) in [5.74, 6) is 2.13. The minimum atomic E-state index is -0.0966. The van der Waals surface area contributed by atoms with Crippen molar-refractivity contribution < 1.29 is 14.4 Å². The van der Waals surface area contributed by atoms with Gasteiger partial charge in [0.25, 0.3) is 5.56 Å². The summed E-state index contributed by atoms with van der Waals surface area (Å²) in [7, 11) is 5.35. The molecule has 0 aliphatic rings. The van der Waals surface area contributed by atoms with Crippen LogP contribution in [-0.2, 0) is 13.1 Å². The third-order valence-electron chi connectivity index (χ3n) is 4.47. The fourth-order valence-electron chi connectivity index (χ4n) is 3.11. The first-order chi connectivity index (χ1) is 12.5. The molecule has 0 aliphatic heterocycles. The van der Waals surface area contributed by atoms with Gasteiger partial charge in [-0.05, 0) is 36.8 Å². The van der Waals surface area contributed by atoms with Crippen molar-refractivity contribution in [1.29, 1.82) is 0 Å². The quantitative estimate of drug-likeness (QED) is 0.703. The Morgan fingerprint density at radius 3 is 2.50 bits per heavy atom. The van der Waals surface area contributed by atoms with Crippen LogP contribution in [0, 0.1) is 6.92 Å². The monoisotopic (exact) mass is 354 g/mol. The standard InChI is InChI=1S/C20H23N3O3/c1-13-9-17(25-3)18(26-4)10-14(13)11-23(2)12-19-21-16-8-6-5-7-15(16)20(24)22-19/h5-10H,11-12H2,1-4H3,(H,21,22,24)/p+1. The topological polar surface area (TPSA) is 68.7 Å². The average Bonchev–Trinajstić information content (AvgIpc) is 2.63. The lowest BCUT2D eigenvalue weighted by atomic mass is 10.1.